The maximum absolute atomic E-state index is 14.2. The van der Waals surface area contributed by atoms with Crippen molar-refractivity contribution >= 4 is 10.9 Å². The molecule has 0 unspecified atom stereocenters. The molecule has 1 saturated heterocycles. The van der Waals surface area contributed by atoms with Crippen molar-refractivity contribution in [2.75, 3.05) is 20.2 Å². The highest BCUT2D eigenvalue weighted by Gasteiger charge is 2.28. The predicted molar refractivity (Wildman–Crippen MR) is 106 cm³/mol. The number of hydrogen-bond donors (Lipinski definition) is 0. The Morgan fingerprint density at radius 3 is 2.78 bits per heavy atom. The van der Waals surface area contributed by atoms with Gasteiger partial charge in [-0.2, -0.15) is 0 Å². The van der Waals surface area contributed by atoms with Gasteiger partial charge in [-0.3, -0.25) is 14.3 Å². The van der Waals surface area contributed by atoms with E-state index in [1.165, 1.54) is 25.7 Å². The zero-order chi connectivity index (χ0) is 19.6. The van der Waals surface area contributed by atoms with Crippen molar-refractivity contribution in [1.29, 1.82) is 0 Å². The minimum atomic E-state index is -0.490. The van der Waals surface area contributed by atoms with Crippen LogP contribution in [0.5, 0.6) is 5.75 Å². The van der Waals surface area contributed by atoms with Gasteiger partial charge in [0, 0.05) is 19.2 Å². The first-order valence-electron chi connectivity index (χ1n) is 10.0. The molecule has 5 nitrogen and oxygen atoms in total. The van der Waals surface area contributed by atoms with Crippen molar-refractivity contribution in [3.63, 3.8) is 0 Å². The van der Waals surface area contributed by atoms with Gasteiger partial charge in [0.2, 0.25) is 0 Å². The first-order chi connectivity index (χ1) is 13.0. The first-order valence-corrected chi connectivity index (χ1v) is 10.0. The normalized spacial score (nSPS) is 19.4. The Bertz CT molecular complexity index is 865. The van der Waals surface area contributed by atoms with Crippen LogP contribution in [-0.4, -0.2) is 34.7 Å². The minimum absolute atomic E-state index is 0.0757. The van der Waals surface area contributed by atoms with Gasteiger partial charge in [0.15, 0.2) is 11.6 Å². The molecule has 2 heterocycles. The van der Waals surface area contributed by atoms with E-state index in [1.807, 2.05) is 6.92 Å². The van der Waals surface area contributed by atoms with E-state index in [0.29, 0.717) is 23.4 Å². The fourth-order valence-electron chi connectivity index (χ4n) is 4.21. The fraction of sp³-hybridized carbons (Fsp3) is 0.619. The third-order valence-corrected chi connectivity index (χ3v) is 5.56. The Labute approximate surface area is 160 Å². The molecule has 2 aromatic rings. The van der Waals surface area contributed by atoms with Gasteiger partial charge in [-0.05, 0) is 44.7 Å². The van der Waals surface area contributed by atoms with Gasteiger partial charge in [-0.1, -0.05) is 20.3 Å². The molecule has 1 aliphatic heterocycles. The van der Waals surface area contributed by atoms with Gasteiger partial charge in [-0.25, -0.2) is 9.37 Å². The summed E-state index contributed by atoms with van der Waals surface area (Å²) in [5.41, 5.74) is 0.283. The molecule has 0 bridgehead atoms. The molecule has 0 saturated carbocycles. The Morgan fingerprint density at radius 2 is 2.15 bits per heavy atom. The highest BCUT2D eigenvalue weighted by molar-refractivity contribution is 5.79. The van der Waals surface area contributed by atoms with Gasteiger partial charge in [0.25, 0.3) is 5.56 Å². The summed E-state index contributed by atoms with van der Waals surface area (Å²) < 4.78 is 21.0. The molecule has 1 fully saturated rings. The minimum Gasteiger partial charge on any atom is -0.494 e. The number of piperidine rings is 1. The van der Waals surface area contributed by atoms with Crippen LogP contribution in [0.4, 0.5) is 4.39 Å². The number of hydrogen-bond acceptors (Lipinski definition) is 4. The molecule has 1 aromatic carbocycles. The topological polar surface area (TPSA) is 47.4 Å². The summed E-state index contributed by atoms with van der Waals surface area (Å²) in [6.07, 6.45) is 4.34. The molecule has 0 radical (unpaired) electrons. The Balaban J connectivity index is 2.16. The second kappa shape index (κ2) is 8.38. The van der Waals surface area contributed by atoms with E-state index in [2.05, 4.69) is 18.7 Å². The standard InChI is InChI=1S/C21H30FN3O2/c1-5-8-18(24-10-7-9-14(3)13-24)20-23-17-12-16(22)19(27-4)11-15(17)21(26)25(20)6-2/h11-12,14,18H,5-10,13H2,1-4H3/t14-,18+/m0/s1. The second-order valence-electron chi connectivity index (χ2n) is 7.57. The number of benzene rings is 1. The number of rotatable bonds is 6. The first kappa shape index (κ1) is 19.8. The van der Waals surface area contributed by atoms with Crippen LogP contribution in [0.1, 0.15) is 58.3 Å². The van der Waals surface area contributed by atoms with Crippen molar-refractivity contribution in [3.05, 3.63) is 34.1 Å². The summed E-state index contributed by atoms with van der Waals surface area (Å²) in [4.78, 5) is 20.4. The van der Waals surface area contributed by atoms with Gasteiger partial charge in [0.05, 0.1) is 24.1 Å². The van der Waals surface area contributed by atoms with Gasteiger partial charge >= 0.3 is 0 Å². The van der Waals surface area contributed by atoms with Gasteiger partial charge in [-0.15, -0.1) is 0 Å². The summed E-state index contributed by atoms with van der Waals surface area (Å²) >= 11 is 0. The Kier molecular flexibility index (Phi) is 6.15. The van der Waals surface area contributed by atoms with Gasteiger partial charge < -0.3 is 4.74 Å². The lowest BCUT2D eigenvalue weighted by molar-refractivity contribution is 0.115. The number of methoxy groups -OCH3 is 1. The van der Waals surface area contributed by atoms with Crippen molar-refractivity contribution < 1.29 is 9.13 Å². The van der Waals surface area contributed by atoms with Crippen LogP contribution in [0.2, 0.25) is 0 Å². The molecule has 0 amide bonds. The molecule has 0 aliphatic carbocycles. The van der Waals surface area contributed by atoms with Crippen molar-refractivity contribution in [1.82, 2.24) is 14.5 Å². The van der Waals surface area contributed by atoms with E-state index in [9.17, 15) is 9.18 Å². The van der Waals surface area contributed by atoms with Crippen LogP contribution in [0.25, 0.3) is 10.9 Å². The molecule has 2 atom stereocenters. The number of aromatic nitrogens is 2. The van der Waals surface area contributed by atoms with E-state index in [-0.39, 0.29) is 17.4 Å². The van der Waals surface area contributed by atoms with Gasteiger partial charge in [0.1, 0.15) is 5.82 Å². The lowest BCUT2D eigenvalue weighted by atomic mass is 9.97. The lowest BCUT2D eigenvalue weighted by Gasteiger charge is -2.37. The van der Waals surface area contributed by atoms with Crippen LogP contribution >= 0.6 is 0 Å². The van der Waals surface area contributed by atoms with E-state index in [4.69, 9.17) is 9.72 Å². The van der Waals surface area contributed by atoms with Crippen LogP contribution in [0.15, 0.2) is 16.9 Å². The van der Waals surface area contributed by atoms with E-state index in [1.54, 1.807) is 4.57 Å². The molecule has 148 valence electrons. The quantitative estimate of drug-likeness (QED) is 0.761. The third-order valence-electron chi connectivity index (χ3n) is 5.56. The largest absolute Gasteiger partial charge is 0.494 e. The molecule has 0 N–H and O–H groups in total. The number of fused-ring (bicyclic) bond motifs is 1. The SMILES string of the molecule is CCC[C@H](c1nc2cc(F)c(OC)cc2c(=O)n1CC)N1CCC[C@H](C)C1. The molecule has 1 aliphatic rings. The van der Waals surface area contributed by atoms with Crippen molar-refractivity contribution in [3.8, 4) is 5.75 Å². The molecule has 0 spiro atoms. The molecule has 27 heavy (non-hydrogen) atoms. The molecule has 1 aromatic heterocycles. The summed E-state index contributed by atoms with van der Waals surface area (Å²) in [5, 5.41) is 0.404. The van der Waals surface area contributed by atoms with Crippen LogP contribution in [0, 0.1) is 11.7 Å². The van der Waals surface area contributed by atoms with E-state index < -0.39 is 5.82 Å². The Morgan fingerprint density at radius 1 is 1.37 bits per heavy atom. The van der Waals surface area contributed by atoms with Crippen LogP contribution in [0.3, 0.4) is 0 Å². The summed E-state index contributed by atoms with van der Waals surface area (Å²) in [6.45, 7) is 8.96. The number of nitrogens with zero attached hydrogens (tertiary/aromatic N) is 3. The monoisotopic (exact) mass is 375 g/mol. The lowest BCUT2D eigenvalue weighted by Crippen LogP contribution is -2.40. The fourth-order valence-corrected chi connectivity index (χ4v) is 4.21. The smallest absolute Gasteiger partial charge is 0.261 e. The summed E-state index contributed by atoms with van der Waals surface area (Å²) in [5.74, 6) is 0.986. The highest BCUT2D eigenvalue weighted by atomic mass is 19.1. The van der Waals surface area contributed by atoms with Crippen LogP contribution < -0.4 is 10.3 Å². The molecular weight excluding hydrogens is 345 g/mol. The second-order valence-corrected chi connectivity index (χ2v) is 7.57. The molecule has 3 rings (SSSR count). The summed E-state index contributed by atoms with van der Waals surface area (Å²) in [6, 6.07) is 2.87. The van der Waals surface area contributed by atoms with E-state index in [0.717, 1.165) is 38.2 Å². The van der Waals surface area contributed by atoms with Crippen LogP contribution in [-0.2, 0) is 6.54 Å². The van der Waals surface area contributed by atoms with Crippen molar-refractivity contribution in [2.24, 2.45) is 5.92 Å². The molecular formula is C21H30FN3O2. The Hall–Kier alpha value is -1.95. The van der Waals surface area contributed by atoms with E-state index >= 15 is 0 Å². The number of ether oxygens (including phenoxy) is 1. The van der Waals surface area contributed by atoms with Crippen molar-refractivity contribution in [2.45, 2.75) is 59.0 Å². The maximum Gasteiger partial charge on any atom is 0.261 e. The maximum atomic E-state index is 14.2. The summed E-state index contributed by atoms with van der Waals surface area (Å²) in [7, 11) is 1.40. The predicted octanol–water partition coefficient (Wildman–Crippen LogP) is 4.14. The zero-order valence-corrected chi connectivity index (χ0v) is 16.8. The average molecular weight is 375 g/mol. The number of halogens is 1. The zero-order valence-electron chi connectivity index (χ0n) is 16.8. The number of likely N-dealkylation sites (tertiary alicyclic amines) is 1. The molecule has 6 heteroatoms. The highest BCUT2D eigenvalue weighted by Crippen LogP contribution is 2.30. The average Bonchev–Trinajstić information content (AvgIpc) is 2.65. The third kappa shape index (κ3) is 3.86.